The molecule has 0 fully saturated rings. The molecule has 184 valence electrons. The summed E-state index contributed by atoms with van der Waals surface area (Å²) in [6, 6.07) is 22.7. The van der Waals surface area contributed by atoms with Crippen LogP contribution in [0.5, 0.6) is 5.75 Å². The first-order valence-electron chi connectivity index (χ1n) is 12.1. The summed E-state index contributed by atoms with van der Waals surface area (Å²) in [7, 11) is 0. The molecule has 0 atom stereocenters. The maximum absolute atomic E-state index is 13.2. The highest BCUT2D eigenvalue weighted by molar-refractivity contribution is 6.05. The molecule has 36 heavy (non-hydrogen) atoms. The molecule has 7 heteroatoms. The molecule has 4 aromatic rings. The Morgan fingerprint density at radius 1 is 0.889 bits per heavy atom. The normalized spacial score (nSPS) is 11.4. The minimum atomic E-state index is -0.439. The van der Waals surface area contributed by atoms with Gasteiger partial charge < -0.3 is 14.8 Å². The van der Waals surface area contributed by atoms with Gasteiger partial charge >= 0.3 is 0 Å². The quantitative estimate of drug-likeness (QED) is 0.208. The summed E-state index contributed by atoms with van der Waals surface area (Å²) in [5.74, 6) is -0.744. The topological polar surface area (TPSA) is 104 Å². The van der Waals surface area contributed by atoms with E-state index in [2.05, 4.69) is 22.8 Å². The van der Waals surface area contributed by atoms with Gasteiger partial charge in [-0.05, 0) is 54.8 Å². The molecular weight excluding hydrogens is 454 g/mol. The number of carbonyl (C=O) groups is 2. The highest BCUT2D eigenvalue weighted by Crippen LogP contribution is 2.26. The Kier molecular flexibility index (Phi) is 8.13. The second-order valence-corrected chi connectivity index (χ2v) is 8.53. The summed E-state index contributed by atoms with van der Waals surface area (Å²) in [6.45, 7) is 2.15. The first-order valence-corrected chi connectivity index (χ1v) is 12.1. The van der Waals surface area contributed by atoms with Gasteiger partial charge in [-0.2, -0.15) is 0 Å². The third-order valence-electron chi connectivity index (χ3n) is 5.82. The maximum Gasteiger partial charge on any atom is 0.271 e. The molecule has 0 saturated carbocycles. The number of phenolic OH excluding ortho intramolecular Hbond substituents is 1. The molecule has 1 heterocycles. The van der Waals surface area contributed by atoms with Crippen LogP contribution in [0.25, 0.3) is 11.0 Å². The van der Waals surface area contributed by atoms with E-state index in [4.69, 9.17) is 4.42 Å². The van der Waals surface area contributed by atoms with Crippen LogP contribution in [0.2, 0.25) is 0 Å². The van der Waals surface area contributed by atoms with E-state index >= 15 is 0 Å². The Labute approximate surface area is 209 Å². The van der Waals surface area contributed by atoms with Gasteiger partial charge in [0.2, 0.25) is 5.55 Å². The molecule has 3 aromatic carbocycles. The molecular formula is C29H29N3O4. The van der Waals surface area contributed by atoms with Crippen molar-refractivity contribution >= 4 is 28.5 Å². The van der Waals surface area contributed by atoms with Crippen LogP contribution in [0.4, 0.5) is 5.69 Å². The number of amides is 2. The smallest absolute Gasteiger partial charge is 0.271 e. The highest BCUT2D eigenvalue weighted by Gasteiger charge is 2.15. The lowest BCUT2D eigenvalue weighted by Crippen LogP contribution is -2.26. The van der Waals surface area contributed by atoms with Crippen LogP contribution in [0.1, 0.15) is 58.9 Å². The number of fused-ring (bicyclic) bond motifs is 1. The van der Waals surface area contributed by atoms with Crippen molar-refractivity contribution in [3.8, 4) is 5.75 Å². The summed E-state index contributed by atoms with van der Waals surface area (Å²) >= 11 is 0. The van der Waals surface area contributed by atoms with Crippen LogP contribution in [-0.4, -0.2) is 16.9 Å². The highest BCUT2D eigenvalue weighted by atomic mass is 16.3. The van der Waals surface area contributed by atoms with Gasteiger partial charge in [0, 0.05) is 22.7 Å². The number of para-hydroxylation sites is 1. The van der Waals surface area contributed by atoms with Crippen LogP contribution in [0, 0.1) is 0 Å². The Morgan fingerprint density at radius 3 is 2.33 bits per heavy atom. The van der Waals surface area contributed by atoms with Crippen molar-refractivity contribution in [2.45, 2.75) is 39.0 Å². The average Bonchev–Trinajstić information content (AvgIpc) is 2.90. The standard InChI is InChI=1S/C29H29N3O4/c1-2-3-4-7-14-21-17-22-18-24(28(35)30-23-15-10-6-11-16-23)29(36-26(22)19-25(21)33)32-31-27(34)20-12-8-5-9-13-20/h5-6,8-13,15-19,33H,2-4,7,14H2,1H3,(H,30,35)(H,31,34)/b32-29+. The molecule has 0 radical (unpaired) electrons. The Hall–Kier alpha value is -4.39. The Bertz CT molecular complexity index is 1410. The summed E-state index contributed by atoms with van der Waals surface area (Å²) in [5, 5.41) is 18.2. The minimum Gasteiger partial charge on any atom is -0.508 e. The number of nitrogens with zero attached hydrogens (tertiary/aromatic N) is 1. The van der Waals surface area contributed by atoms with Gasteiger partial charge in [-0.3, -0.25) is 9.59 Å². The van der Waals surface area contributed by atoms with Gasteiger partial charge in [0.25, 0.3) is 11.8 Å². The van der Waals surface area contributed by atoms with E-state index in [1.54, 1.807) is 42.5 Å². The zero-order valence-electron chi connectivity index (χ0n) is 20.2. The van der Waals surface area contributed by atoms with E-state index in [9.17, 15) is 14.7 Å². The van der Waals surface area contributed by atoms with Gasteiger partial charge in [0.1, 0.15) is 16.9 Å². The van der Waals surface area contributed by atoms with Crippen LogP contribution in [-0.2, 0) is 6.42 Å². The number of aromatic hydroxyl groups is 1. The monoisotopic (exact) mass is 483 g/mol. The van der Waals surface area contributed by atoms with Crippen molar-refractivity contribution in [1.29, 1.82) is 0 Å². The fraction of sp³-hybridized carbons (Fsp3) is 0.207. The molecule has 0 unspecified atom stereocenters. The van der Waals surface area contributed by atoms with Crippen LogP contribution < -0.4 is 16.3 Å². The SMILES string of the molecule is CCCCCCc1cc2cc(C(=O)Nc3ccccc3)/c(=N\NC(=O)c3ccccc3)oc2cc1O. The van der Waals surface area contributed by atoms with Gasteiger partial charge in [-0.15, -0.1) is 5.10 Å². The zero-order chi connectivity index (χ0) is 25.3. The van der Waals surface area contributed by atoms with Gasteiger partial charge in [-0.1, -0.05) is 62.6 Å². The van der Waals surface area contributed by atoms with E-state index in [1.807, 2.05) is 30.3 Å². The number of hydrogen-bond acceptors (Lipinski definition) is 5. The van der Waals surface area contributed by atoms with E-state index in [1.165, 1.54) is 6.07 Å². The molecule has 4 rings (SSSR count). The summed E-state index contributed by atoms with van der Waals surface area (Å²) < 4.78 is 5.91. The number of anilines is 1. The van der Waals surface area contributed by atoms with Crippen LogP contribution in [0.3, 0.4) is 0 Å². The van der Waals surface area contributed by atoms with Crippen LogP contribution in [0.15, 0.2) is 88.4 Å². The van der Waals surface area contributed by atoms with Crippen molar-refractivity contribution < 1.29 is 19.1 Å². The minimum absolute atomic E-state index is 0.0738. The maximum atomic E-state index is 13.2. The second kappa shape index (κ2) is 11.8. The first kappa shape index (κ1) is 24.7. The number of rotatable bonds is 9. The number of aryl methyl sites for hydroxylation is 1. The fourth-order valence-electron chi connectivity index (χ4n) is 3.87. The van der Waals surface area contributed by atoms with Gasteiger partial charge in [-0.25, -0.2) is 5.43 Å². The van der Waals surface area contributed by atoms with Crippen molar-refractivity contribution in [3.63, 3.8) is 0 Å². The molecule has 1 aromatic heterocycles. The Balaban J connectivity index is 1.71. The second-order valence-electron chi connectivity index (χ2n) is 8.53. The first-order chi connectivity index (χ1) is 17.5. The molecule has 0 aliphatic carbocycles. The molecule has 0 bridgehead atoms. The van der Waals surface area contributed by atoms with E-state index in [0.29, 0.717) is 22.2 Å². The number of benzene rings is 3. The van der Waals surface area contributed by atoms with Crippen molar-refractivity contribution in [2.75, 3.05) is 5.32 Å². The lowest BCUT2D eigenvalue weighted by Gasteiger charge is -2.10. The van der Waals surface area contributed by atoms with Crippen molar-refractivity contribution in [1.82, 2.24) is 5.43 Å². The number of carbonyl (C=O) groups excluding carboxylic acids is 2. The fourth-order valence-corrected chi connectivity index (χ4v) is 3.87. The molecule has 2 amide bonds. The van der Waals surface area contributed by atoms with E-state index in [0.717, 1.165) is 37.7 Å². The third-order valence-corrected chi connectivity index (χ3v) is 5.82. The largest absolute Gasteiger partial charge is 0.508 e. The van der Waals surface area contributed by atoms with Crippen molar-refractivity contribution in [3.05, 3.63) is 101 Å². The number of unbranched alkanes of at least 4 members (excludes halogenated alkanes) is 3. The van der Waals surface area contributed by atoms with E-state index < -0.39 is 11.8 Å². The summed E-state index contributed by atoms with van der Waals surface area (Å²) in [4.78, 5) is 25.7. The molecule has 7 nitrogen and oxygen atoms in total. The predicted octanol–water partition coefficient (Wildman–Crippen LogP) is 5.76. The zero-order valence-corrected chi connectivity index (χ0v) is 20.2. The summed E-state index contributed by atoms with van der Waals surface area (Å²) in [6.07, 6.45) is 5.06. The number of hydrogen-bond donors (Lipinski definition) is 3. The number of nitrogens with one attached hydrogen (secondary N) is 2. The molecule has 0 saturated heterocycles. The van der Waals surface area contributed by atoms with E-state index in [-0.39, 0.29) is 16.9 Å². The van der Waals surface area contributed by atoms with Gasteiger partial charge in [0.15, 0.2) is 0 Å². The third kappa shape index (κ3) is 6.18. The van der Waals surface area contributed by atoms with Gasteiger partial charge in [0.05, 0.1) is 0 Å². The van der Waals surface area contributed by atoms with Crippen LogP contribution >= 0.6 is 0 Å². The lowest BCUT2D eigenvalue weighted by molar-refractivity contribution is 0.0948. The van der Waals surface area contributed by atoms with Crippen molar-refractivity contribution in [2.24, 2.45) is 5.10 Å². The lowest BCUT2D eigenvalue weighted by atomic mass is 10.0. The molecule has 3 N–H and O–H groups in total. The molecule has 0 aliphatic heterocycles. The summed E-state index contributed by atoms with van der Waals surface area (Å²) in [5.41, 5.74) is 4.72. The molecule has 0 aliphatic rings. The molecule has 0 spiro atoms. The number of phenols is 1. The average molecular weight is 484 g/mol. The Morgan fingerprint density at radius 2 is 1.61 bits per heavy atom. The predicted molar refractivity (Wildman–Crippen MR) is 140 cm³/mol.